The van der Waals surface area contributed by atoms with E-state index >= 15 is 0 Å². The summed E-state index contributed by atoms with van der Waals surface area (Å²) in [5.74, 6) is 2.53. The summed E-state index contributed by atoms with van der Waals surface area (Å²) in [6.07, 6.45) is 22.9. The third-order valence-electron chi connectivity index (χ3n) is 8.41. The maximum Gasteiger partial charge on any atom is 0.159 e. The highest BCUT2D eigenvalue weighted by Gasteiger charge is 2.04. The van der Waals surface area contributed by atoms with Crippen molar-refractivity contribution in [2.75, 3.05) is 13.2 Å². The number of aromatic nitrogens is 2. The minimum absolute atomic E-state index is 0.672. The van der Waals surface area contributed by atoms with Gasteiger partial charge in [0, 0.05) is 18.0 Å². The molecule has 4 aromatic rings. The van der Waals surface area contributed by atoms with Crippen molar-refractivity contribution in [3.63, 3.8) is 0 Å². The van der Waals surface area contributed by atoms with E-state index in [0.29, 0.717) is 18.8 Å². The molecule has 0 saturated heterocycles. The molecule has 0 N–H and O–H groups in total. The van der Waals surface area contributed by atoms with Gasteiger partial charge in [-0.05, 0) is 104 Å². The number of hydrogen-bond acceptors (Lipinski definition) is 5. The van der Waals surface area contributed by atoms with Crippen LogP contribution in [-0.2, 0) is 6.42 Å². The van der Waals surface area contributed by atoms with Crippen molar-refractivity contribution in [2.24, 2.45) is 0 Å². The smallest absolute Gasteiger partial charge is 0.159 e. The number of nitrogens with zero attached hydrogens (tertiary/aromatic N) is 3. The van der Waals surface area contributed by atoms with Gasteiger partial charge < -0.3 is 9.47 Å². The topological polar surface area (TPSA) is 68.0 Å². The van der Waals surface area contributed by atoms with Crippen LogP contribution < -0.4 is 9.47 Å². The fourth-order valence-electron chi connectivity index (χ4n) is 5.57. The molecule has 1 heterocycles. The maximum absolute atomic E-state index is 8.96. The van der Waals surface area contributed by atoms with E-state index in [1.807, 2.05) is 73.1 Å². The summed E-state index contributed by atoms with van der Waals surface area (Å²) in [6.45, 7) is 3.70. The van der Waals surface area contributed by atoms with Crippen LogP contribution in [0.2, 0.25) is 0 Å². The quantitative estimate of drug-likeness (QED) is 0.0821. The molecule has 46 heavy (non-hydrogen) atoms. The second-order valence-corrected chi connectivity index (χ2v) is 12.2. The van der Waals surface area contributed by atoms with Crippen LogP contribution in [0.3, 0.4) is 0 Å². The Balaban J connectivity index is 1.02. The molecule has 0 aliphatic rings. The fourth-order valence-corrected chi connectivity index (χ4v) is 5.57. The molecular weight excluding hydrogens is 566 g/mol. The molecule has 242 valence electrons. The van der Waals surface area contributed by atoms with Gasteiger partial charge >= 0.3 is 0 Å². The van der Waals surface area contributed by atoms with E-state index in [0.717, 1.165) is 66.1 Å². The average molecular weight is 618 g/mol. The van der Waals surface area contributed by atoms with Gasteiger partial charge in [-0.15, -0.1) is 0 Å². The molecule has 0 spiro atoms. The molecule has 3 aromatic carbocycles. The predicted octanol–water partition coefficient (Wildman–Crippen LogP) is 11.2. The molecule has 5 heteroatoms. The van der Waals surface area contributed by atoms with Gasteiger partial charge in [-0.25, -0.2) is 9.97 Å². The minimum Gasteiger partial charge on any atom is -0.494 e. The summed E-state index contributed by atoms with van der Waals surface area (Å²) in [5.41, 5.74) is 5.12. The molecule has 0 bridgehead atoms. The van der Waals surface area contributed by atoms with Gasteiger partial charge in [-0.1, -0.05) is 89.0 Å². The molecular formula is C41H51N3O2. The van der Waals surface area contributed by atoms with Crippen molar-refractivity contribution in [3.8, 4) is 40.1 Å². The Bertz CT molecular complexity index is 1410. The highest BCUT2D eigenvalue weighted by atomic mass is 16.5. The van der Waals surface area contributed by atoms with Crippen LogP contribution in [0, 0.1) is 11.3 Å². The highest BCUT2D eigenvalue weighted by Crippen LogP contribution is 2.23. The van der Waals surface area contributed by atoms with E-state index in [1.54, 1.807) is 0 Å². The molecule has 0 fully saturated rings. The average Bonchev–Trinajstić information content (AvgIpc) is 3.11. The zero-order valence-corrected chi connectivity index (χ0v) is 27.8. The first kappa shape index (κ1) is 34.7. The van der Waals surface area contributed by atoms with E-state index in [9.17, 15) is 0 Å². The Labute approximate surface area is 277 Å². The zero-order chi connectivity index (χ0) is 32.1. The summed E-state index contributed by atoms with van der Waals surface area (Å²) >= 11 is 0. The van der Waals surface area contributed by atoms with Gasteiger partial charge in [0.15, 0.2) is 5.82 Å². The van der Waals surface area contributed by atoms with Crippen LogP contribution in [0.1, 0.15) is 108 Å². The van der Waals surface area contributed by atoms with Gasteiger partial charge in [0.05, 0.1) is 24.8 Å². The lowest BCUT2D eigenvalue weighted by molar-refractivity contribution is 0.287. The molecule has 0 unspecified atom stereocenters. The Morgan fingerprint density at radius 3 is 1.46 bits per heavy atom. The molecule has 5 nitrogen and oxygen atoms in total. The van der Waals surface area contributed by atoms with Crippen molar-refractivity contribution < 1.29 is 9.47 Å². The molecule has 1 aromatic heterocycles. The van der Waals surface area contributed by atoms with Gasteiger partial charge in [0.1, 0.15) is 11.5 Å². The van der Waals surface area contributed by atoms with Crippen LogP contribution in [0.4, 0.5) is 0 Å². The molecule has 0 aliphatic carbocycles. The van der Waals surface area contributed by atoms with Crippen molar-refractivity contribution >= 4 is 0 Å². The van der Waals surface area contributed by atoms with Crippen LogP contribution in [0.15, 0.2) is 85.2 Å². The van der Waals surface area contributed by atoms with Crippen LogP contribution in [0.25, 0.3) is 22.5 Å². The Morgan fingerprint density at radius 1 is 0.522 bits per heavy atom. The number of aryl methyl sites for hydroxylation is 1. The lowest BCUT2D eigenvalue weighted by Gasteiger charge is -2.09. The Kier molecular flexibility index (Phi) is 15.7. The molecule has 0 atom stereocenters. The van der Waals surface area contributed by atoms with E-state index in [-0.39, 0.29) is 0 Å². The lowest BCUT2D eigenvalue weighted by Crippen LogP contribution is -2.00. The van der Waals surface area contributed by atoms with Gasteiger partial charge in [0.2, 0.25) is 0 Å². The third-order valence-corrected chi connectivity index (χ3v) is 8.41. The number of nitriles is 1. The number of benzene rings is 3. The normalized spacial score (nSPS) is 10.9. The predicted molar refractivity (Wildman–Crippen MR) is 189 cm³/mol. The first-order chi connectivity index (χ1) is 22.7. The first-order valence-electron chi connectivity index (χ1n) is 17.5. The summed E-state index contributed by atoms with van der Waals surface area (Å²) < 4.78 is 11.9. The van der Waals surface area contributed by atoms with Gasteiger partial charge in [-0.2, -0.15) is 5.26 Å². The summed E-state index contributed by atoms with van der Waals surface area (Å²) in [5, 5.41) is 8.96. The molecule has 4 rings (SSSR count). The molecule has 0 saturated carbocycles. The summed E-state index contributed by atoms with van der Waals surface area (Å²) in [6, 6.07) is 26.0. The van der Waals surface area contributed by atoms with Gasteiger partial charge in [-0.3, -0.25) is 0 Å². The van der Waals surface area contributed by atoms with Crippen molar-refractivity contribution in [3.05, 3.63) is 96.3 Å². The second kappa shape index (κ2) is 20.8. The third kappa shape index (κ3) is 12.7. The van der Waals surface area contributed by atoms with Crippen LogP contribution in [0.5, 0.6) is 11.5 Å². The minimum atomic E-state index is 0.672. The monoisotopic (exact) mass is 617 g/mol. The lowest BCUT2D eigenvalue weighted by atomic mass is 10.0. The summed E-state index contributed by atoms with van der Waals surface area (Å²) in [7, 11) is 0. The Hall–Kier alpha value is -4.17. The maximum atomic E-state index is 8.96. The van der Waals surface area contributed by atoms with Crippen molar-refractivity contribution in [1.29, 1.82) is 5.26 Å². The number of ether oxygens (including phenoxy) is 2. The Morgan fingerprint density at radius 2 is 0.957 bits per heavy atom. The first-order valence-corrected chi connectivity index (χ1v) is 17.5. The SMILES string of the molecule is CCCCCCCCCCCCc1cnc(-c2ccc(OCCCCCCOc3ccc(-c4ccc(C#N)cc4)cc3)cc2)nc1. The van der Waals surface area contributed by atoms with Crippen LogP contribution in [-0.4, -0.2) is 23.2 Å². The molecule has 0 aliphatic heterocycles. The van der Waals surface area contributed by atoms with Crippen molar-refractivity contribution in [1.82, 2.24) is 9.97 Å². The van der Waals surface area contributed by atoms with Crippen molar-refractivity contribution in [2.45, 2.75) is 103 Å². The zero-order valence-electron chi connectivity index (χ0n) is 27.8. The number of hydrogen-bond donors (Lipinski definition) is 0. The van der Waals surface area contributed by atoms with Gasteiger partial charge in [0.25, 0.3) is 0 Å². The van der Waals surface area contributed by atoms with E-state index < -0.39 is 0 Å². The van der Waals surface area contributed by atoms with E-state index in [2.05, 4.69) is 35.1 Å². The second-order valence-electron chi connectivity index (χ2n) is 12.2. The number of unbranched alkanes of at least 4 members (excludes halogenated alkanes) is 12. The largest absolute Gasteiger partial charge is 0.494 e. The molecule has 0 amide bonds. The molecule has 0 radical (unpaired) electrons. The standard InChI is InChI=1S/C41H51N3O2/c1-2-3-4-5-6-7-8-9-10-13-16-35-32-43-41(44-33-35)38-23-27-40(28-24-38)46-30-15-12-11-14-29-45-39-25-21-37(22-26-39)36-19-17-34(31-42)18-20-36/h17-28,32-33H,2-16,29-30H2,1H3. The summed E-state index contributed by atoms with van der Waals surface area (Å²) in [4.78, 5) is 9.25. The van der Waals surface area contributed by atoms with E-state index in [1.165, 1.54) is 69.8 Å². The van der Waals surface area contributed by atoms with E-state index in [4.69, 9.17) is 14.7 Å². The number of rotatable bonds is 22. The highest BCUT2D eigenvalue weighted by molar-refractivity contribution is 5.65. The van der Waals surface area contributed by atoms with Crippen LogP contribution >= 0.6 is 0 Å². The fraction of sp³-hybridized carbons (Fsp3) is 0.439.